The van der Waals surface area contributed by atoms with Gasteiger partial charge in [0.05, 0.1) is 27.5 Å². The van der Waals surface area contributed by atoms with Gasteiger partial charge in [0.1, 0.15) is 0 Å². The first-order valence-electron chi connectivity index (χ1n) is 9.54. The van der Waals surface area contributed by atoms with E-state index in [0.29, 0.717) is 28.5 Å². The van der Waals surface area contributed by atoms with Gasteiger partial charge in [0, 0.05) is 11.3 Å². The van der Waals surface area contributed by atoms with Crippen LogP contribution >= 0.6 is 0 Å². The first-order valence-corrected chi connectivity index (χ1v) is 9.54. The molecule has 160 valence electrons. The molecular formula is C22H27N3O5. The molecule has 0 unspecified atom stereocenters. The molecule has 30 heavy (non-hydrogen) atoms. The van der Waals surface area contributed by atoms with Crippen molar-refractivity contribution >= 4 is 23.7 Å². The van der Waals surface area contributed by atoms with E-state index in [0.717, 1.165) is 24.0 Å². The summed E-state index contributed by atoms with van der Waals surface area (Å²) in [5.41, 5.74) is 5.44. The van der Waals surface area contributed by atoms with E-state index < -0.39 is 11.8 Å². The zero-order valence-electron chi connectivity index (χ0n) is 17.9. The number of amides is 2. The number of carbonyl (C=O) groups is 2. The standard InChI is InChI=1S/C22H27N3O5/c1-6-15-9-8-10-16(7-2)19(15)24-21(26)22(27)25-23-13-14-11-17(28-3)20(30-5)18(12-14)29-4/h8-13H,6-7H2,1-5H3,(H,24,26)(H,25,27). The molecule has 0 fully saturated rings. The van der Waals surface area contributed by atoms with Crippen molar-refractivity contribution in [1.82, 2.24) is 5.43 Å². The number of para-hydroxylation sites is 1. The van der Waals surface area contributed by atoms with Gasteiger partial charge in [-0.1, -0.05) is 32.0 Å². The minimum Gasteiger partial charge on any atom is -0.493 e. The predicted molar refractivity (Wildman–Crippen MR) is 116 cm³/mol. The van der Waals surface area contributed by atoms with Gasteiger partial charge in [-0.05, 0) is 36.1 Å². The minimum atomic E-state index is -0.869. The van der Waals surface area contributed by atoms with E-state index in [1.54, 1.807) is 12.1 Å². The number of rotatable bonds is 8. The maximum absolute atomic E-state index is 12.3. The predicted octanol–water partition coefficient (Wildman–Crippen LogP) is 2.93. The molecule has 0 heterocycles. The number of hydrogen-bond donors (Lipinski definition) is 2. The Kier molecular flexibility index (Phi) is 8.22. The normalized spacial score (nSPS) is 10.6. The van der Waals surface area contributed by atoms with Crippen LogP contribution in [-0.4, -0.2) is 39.4 Å². The molecule has 2 rings (SSSR count). The second-order valence-electron chi connectivity index (χ2n) is 6.27. The Morgan fingerprint density at radius 2 is 1.50 bits per heavy atom. The van der Waals surface area contributed by atoms with Gasteiger partial charge in [-0.2, -0.15) is 5.10 Å². The lowest BCUT2D eigenvalue weighted by Gasteiger charge is -2.13. The van der Waals surface area contributed by atoms with Crippen molar-refractivity contribution in [3.63, 3.8) is 0 Å². The molecule has 8 nitrogen and oxygen atoms in total. The quantitative estimate of drug-likeness (QED) is 0.394. The summed E-state index contributed by atoms with van der Waals surface area (Å²) in [6, 6.07) is 9.13. The maximum Gasteiger partial charge on any atom is 0.329 e. The van der Waals surface area contributed by atoms with Crippen LogP contribution in [0.5, 0.6) is 17.2 Å². The summed E-state index contributed by atoms with van der Waals surface area (Å²) in [4.78, 5) is 24.5. The third-order valence-corrected chi connectivity index (χ3v) is 4.51. The molecule has 0 saturated carbocycles. The summed E-state index contributed by atoms with van der Waals surface area (Å²) in [6.45, 7) is 3.98. The van der Waals surface area contributed by atoms with Gasteiger partial charge in [-0.25, -0.2) is 5.43 Å². The van der Waals surface area contributed by atoms with E-state index >= 15 is 0 Å². The average molecular weight is 413 g/mol. The fourth-order valence-electron chi connectivity index (χ4n) is 2.97. The molecule has 0 radical (unpaired) electrons. The molecule has 8 heteroatoms. The van der Waals surface area contributed by atoms with Crippen LogP contribution in [0.4, 0.5) is 5.69 Å². The molecule has 2 aromatic carbocycles. The number of methoxy groups -OCH3 is 3. The van der Waals surface area contributed by atoms with Crippen LogP contribution in [0.25, 0.3) is 0 Å². The van der Waals surface area contributed by atoms with E-state index in [-0.39, 0.29) is 0 Å². The highest BCUT2D eigenvalue weighted by Crippen LogP contribution is 2.37. The lowest BCUT2D eigenvalue weighted by molar-refractivity contribution is -0.136. The summed E-state index contributed by atoms with van der Waals surface area (Å²) in [5, 5.41) is 6.56. The fraction of sp³-hybridized carbons (Fsp3) is 0.318. The Labute approximate surface area is 176 Å². The van der Waals surface area contributed by atoms with E-state index in [2.05, 4.69) is 15.8 Å². The Morgan fingerprint density at radius 3 is 1.97 bits per heavy atom. The van der Waals surface area contributed by atoms with Crippen molar-refractivity contribution in [3.8, 4) is 17.2 Å². The van der Waals surface area contributed by atoms with Crippen LogP contribution in [0.3, 0.4) is 0 Å². The number of ether oxygens (including phenoxy) is 3. The Hall–Kier alpha value is -3.55. The third-order valence-electron chi connectivity index (χ3n) is 4.51. The molecule has 0 bridgehead atoms. The van der Waals surface area contributed by atoms with Gasteiger partial charge < -0.3 is 19.5 Å². The Bertz CT molecular complexity index is 893. The van der Waals surface area contributed by atoms with Crippen molar-refractivity contribution in [3.05, 3.63) is 47.0 Å². The number of anilines is 1. The number of hydrogen-bond acceptors (Lipinski definition) is 6. The van der Waals surface area contributed by atoms with Gasteiger partial charge in [0.2, 0.25) is 5.75 Å². The highest BCUT2D eigenvalue weighted by Gasteiger charge is 2.17. The molecule has 0 aliphatic carbocycles. The SMILES string of the molecule is CCc1cccc(CC)c1NC(=O)C(=O)NN=Cc1cc(OC)c(OC)c(OC)c1. The molecule has 2 amide bonds. The molecule has 2 aromatic rings. The molecule has 0 aliphatic heterocycles. The molecule has 2 N–H and O–H groups in total. The maximum atomic E-state index is 12.3. The molecule has 0 saturated heterocycles. The highest BCUT2D eigenvalue weighted by atomic mass is 16.5. The van der Waals surface area contributed by atoms with Crippen LogP contribution in [0.15, 0.2) is 35.4 Å². The van der Waals surface area contributed by atoms with Gasteiger partial charge >= 0.3 is 11.8 Å². The molecule has 0 atom stereocenters. The average Bonchev–Trinajstić information content (AvgIpc) is 2.78. The minimum absolute atomic E-state index is 0.446. The van der Waals surface area contributed by atoms with Crippen LogP contribution in [0.2, 0.25) is 0 Å². The van der Waals surface area contributed by atoms with Crippen molar-refractivity contribution in [1.29, 1.82) is 0 Å². The van der Waals surface area contributed by atoms with E-state index in [1.807, 2.05) is 32.0 Å². The van der Waals surface area contributed by atoms with Crippen LogP contribution in [-0.2, 0) is 22.4 Å². The Morgan fingerprint density at radius 1 is 0.933 bits per heavy atom. The van der Waals surface area contributed by atoms with Crippen molar-refractivity contribution in [2.24, 2.45) is 5.10 Å². The smallest absolute Gasteiger partial charge is 0.329 e. The van der Waals surface area contributed by atoms with Crippen LogP contribution in [0.1, 0.15) is 30.5 Å². The molecule has 0 aliphatic rings. The monoisotopic (exact) mass is 413 g/mol. The first kappa shape index (κ1) is 22.7. The summed E-state index contributed by atoms with van der Waals surface area (Å²) < 4.78 is 15.8. The van der Waals surface area contributed by atoms with E-state index in [1.165, 1.54) is 27.5 Å². The van der Waals surface area contributed by atoms with Gasteiger partial charge in [0.25, 0.3) is 0 Å². The fourth-order valence-corrected chi connectivity index (χ4v) is 2.97. The third kappa shape index (κ3) is 5.28. The van der Waals surface area contributed by atoms with E-state index in [9.17, 15) is 9.59 Å². The van der Waals surface area contributed by atoms with E-state index in [4.69, 9.17) is 14.2 Å². The largest absolute Gasteiger partial charge is 0.493 e. The molecule has 0 spiro atoms. The lowest BCUT2D eigenvalue weighted by atomic mass is 10.0. The zero-order valence-corrected chi connectivity index (χ0v) is 17.9. The van der Waals surface area contributed by atoms with Gasteiger partial charge in [-0.15, -0.1) is 0 Å². The summed E-state index contributed by atoms with van der Waals surface area (Å²) >= 11 is 0. The van der Waals surface area contributed by atoms with Gasteiger partial charge in [0.15, 0.2) is 11.5 Å². The Balaban J connectivity index is 2.11. The summed E-state index contributed by atoms with van der Waals surface area (Å²) in [5.74, 6) is -0.308. The zero-order chi connectivity index (χ0) is 22.1. The summed E-state index contributed by atoms with van der Waals surface area (Å²) in [7, 11) is 4.51. The first-order chi connectivity index (χ1) is 14.5. The number of benzene rings is 2. The second kappa shape index (κ2) is 10.8. The molecule has 0 aromatic heterocycles. The second-order valence-corrected chi connectivity index (χ2v) is 6.27. The number of nitrogens with one attached hydrogen (secondary N) is 2. The summed E-state index contributed by atoms with van der Waals surface area (Å²) in [6.07, 6.45) is 2.86. The van der Waals surface area contributed by atoms with Gasteiger partial charge in [-0.3, -0.25) is 9.59 Å². The van der Waals surface area contributed by atoms with Crippen LogP contribution < -0.4 is 25.0 Å². The van der Waals surface area contributed by atoms with Crippen molar-refractivity contribution in [2.75, 3.05) is 26.6 Å². The van der Waals surface area contributed by atoms with Crippen molar-refractivity contribution < 1.29 is 23.8 Å². The van der Waals surface area contributed by atoms with Crippen LogP contribution in [0, 0.1) is 0 Å². The molecular weight excluding hydrogens is 386 g/mol. The number of hydrazone groups is 1. The van der Waals surface area contributed by atoms with Crippen molar-refractivity contribution in [2.45, 2.75) is 26.7 Å². The topological polar surface area (TPSA) is 98.3 Å². The number of aryl methyl sites for hydroxylation is 2. The number of carbonyl (C=O) groups excluding carboxylic acids is 2. The number of nitrogens with zero attached hydrogens (tertiary/aromatic N) is 1. The lowest BCUT2D eigenvalue weighted by Crippen LogP contribution is -2.33. The highest BCUT2D eigenvalue weighted by molar-refractivity contribution is 6.39.